The third-order valence-corrected chi connectivity index (χ3v) is 5.98. The zero-order chi connectivity index (χ0) is 21.5. The van der Waals surface area contributed by atoms with Gasteiger partial charge in [0.05, 0.1) is 22.8 Å². The van der Waals surface area contributed by atoms with Gasteiger partial charge in [0.2, 0.25) is 0 Å². The van der Waals surface area contributed by atoms with Crippen LogP contribution in [0.15, 0.2) is 42.0 Å². The van der Waals surface area contributed by atoms with Gasteiger partial charge < -0.3 is 9.47 Å². The average molecular weight is 436 g/mol. The Bertz CT molecular complexity index is 1270. The second-order valence-corrected chi connectivity index (χ2v) is 8.39. The number of pyridine rings is 1. The molecule has 0 fully saturated rings. The normalized spacial score (nSPS) is 13.0. The number of rotatable bonds is 4. The van der Waals surface area contributed by atoms with E-state index in [1.165, 1.54) is 11.3 Å². The molecule has 31 heavy (non-hydrogen) atoms. The molecule has 1 aliphatic rings. The molecule has 0 aliphatic carbocycles. The summed E-state index contributed by atoms with van der Waals surface area (Å²) in [5, 5.41) is 7.68. The third kappa shape index (κ3) is 3.40. The first-order valence-corrected chi connectivity index (χ1v) is 10.9. The zero-order valence-electron chi connectivity index (χ0n) is 17.4. The van der Waals surface area contributed by atoms with Crippen molar-refractivity contribution >= 4 is 33.4 Å². The molecule has 0 bridgehead atoms. The summed E-state index contributed by atoms with van der Waals surface area (Å²) in [6, 6.07) is 7.61. The van der Waals surface area contributed by atoms with Crippen LogP contribution in [0.4, 0.5) is 5.13 Å². The van der Waals surface area contributed by atoms with Gasteiger partial charge in [0, 0.05) is 30.2 Å². The fraction of sp³-hybridized carbons (Fsp3) is 0.273. The molecule has 4 aromatic rings. The second-order valence-electron chi connectivity index (χ2n) is 7.51. The lowest BCUT2D eigenvalue weighted by Crippen LogP contribution is -2.26. The van der Waals surface area contributed by atoms with Crippen molar-refractivity contribution in [2.24, 2.45) is 0 Å². The van der Waals surface area contributed by atoms with Gasteiger partial charge in [0.25, 0.3) is 5.91 Å². The van der Waals surface area contributed by atoms with Crippen molar-refractivity contribution in [3.8, 4) is 22.8 Å². The number of nitrogens with zero attached hydrogens (tertiary/aromatic N) is 5. The molecular formula is C22H21N5O3S. The molecule has 0 radical (unpaired) electrons. The van der Waals surface area contributed by atoms with Crippen LogP contribution in [-0.2, 0) is 0 Å². The molecular weight excluding hydrogens is 414 g/mol. The van der Waals surface area contributed by atoms with Crippen molar-refractivity contribution in [1.29, 1.82) is 0 Å². The summed E-state index contributed by atoms with van der Waals surface area (Å²) >= 11 is 1.41. The minimum atomic E-state index is -0.163. The molecule has 0 unspecified atom stereocenters. The van der Waals surface area contributed by atoms with Crippen LogP contribution in [0.2, 0.25) is 0 Å². The number of carbonyl (C=O) groups is 1. The highest BCUT2D eigenvalue weighted by atomic mass is 32.1. The van der Waals surface area contributed by atoms with Gasteiger partial charge in [-0.15, -0.1) is 11.3 Å². The van der Waals surface area contributed by atoms with Gasteiger partial charge in [-0.1, -0.05) is 0 Å². The Labute approximate surface area is 183 Å². The number of thiazole rings is 1. The molecule has 0 saturated carbocycles. The highest BCUT2D eigenvalue weighted by Gasteiger charge is 2.23. The monoisotopic (exact) mass is 435 g/mol. The van der Waals surface area contributed by atoms with Gasteiger partial charge in [0.15, 0.2) is 22.3 Å². The van der Waals surface area contributed by atoms with Gasteiger partial charge in [-0.2, -0.15) is 5.10 Å². The van der Waals surface area contributed by atoms with E-state index in [4.69, 9.17) is 14.5 Å². The van der Waals surface area contributed by atoms with E-state index in [0.717, 1.165) is 5.56 Å². The van der Waals surface area contributed by atoms with E-state index in [-0.39, 0.29) is 11.9 Å². The molecule has 4 heterocycles. The average Bonchev–Trinajstić information content (AvgIpc) is 3.47. The summed E-state index contributed by atoms with van der Waals surface area (Å²) < 4.78 is 13.2. The van der Waals surface area contributed by atoms with E-state index in [1.807, 2.05) is 48.2 Å². The fourth-order valence-electron chi connectivity index (χ4n) is 3.57. The second kappa shape index (κ2) is 7.66. The number of aromatic nitrogens is 4. The molecule has 1 aliphatic heterocycles. The van der Waals surface area contributed by atoms with Crippen LogP contribution in [0.25, 0.3) is 22.3 Å². The number of carbonyl (C=O) groups excluding carboxylic acids is 1. The fourth-order valence-corrected chi connectivity index (χ4v) is 4.18. The minimum absolute atomic E-state index is 0.0974. The molecule has 0 N–H and O–H groups in total. The predicted octanol–water partition coefficient (Wildman–Crippen LogP) is 4.18. The van der Waals surface area contributed by atoms with Crippen LogP contribution in [-0.4, -0.2) is 45.9 Å². The maximum Gasteiger partial charge on any atom is 0.260 e. The number of hydrogen-bond acceptors (Lipinski definition) is 7. The highest BCUT2D eigenvalue weighted by Crippen LogP contribution is 2.35. The summed E-state index contributed by atoms with van der Waals surface area (Å²) in [5.74, 6) is 1.23. The molecule has 5 rings (SSSR count). The van der Waals surface area contributed by atoms with E-state index in [1.54, 1.807) is 24.3 Å². The first kappa shape index (κ1) is 19.5. The van der Waals surface area contributed by atoms with Gasteiger partial charge in [0.1, 0.15) is 13.2 Å². The van der Waals surface area contributed by atoms with E-state index in [2.05, 4.69) is 10.1 Å². The quantitative estimate of drug-likeness (QED) is 0.478. The molecule has 9 heteroatoms. The van der Waals surface area contributed by atoms with E-state index in [0.29, 0.717) is 52.1 Å². The van der Waals surface area contributed by atoms with Gasteiger partial charge >= 0.3 is 0 Å². The number of ether oxygens (including phenoxy) is 2. The summed E-state index contributed by atoms with van der Waals surface area (Å²) in [5.41, 5.74) is 2.70. The van der Waals surface area contributed by atoms with Gasteiger partial charge in [-0.25, -0.2) is 14.6 Å². The van der Waals surface area contributed by atoms with Crippen LogP contribution >= 0.6 is 11.3 Å². The van der Waals surface area contributed by atoms with Gasteiger partial charge in [-0.3, -0.25) is 9.69 Å². The lowest BCUT2D eigenvalue weighted by atomic mass is 10.1. The Kier molecular flexibility index (Phi) is 4.82. The number of fused-ring (bicyclic) bond motifs is 2. The van der Waals surface area contributed by atoms with Crippen LogP contribution < -0.4 is 14.4 Å². The standard InChI is InChI=1S/C22H21N5O3S/c1-13(2)27-20-16(12-24-27)15(21(28)26(3)22-23-6-9-31-22)11-17(25-20)14-4-5-18-19(10-14)30-8-7-29-18/h4-6,9-13H,7-8H2,1-3H3. The van der Waals surface area contributed by atoms with Crippen molar-refractivity contribution in [2.75, 3.05) is 25.2 Å². The van der Waals surface area contributed by atoms with Crippen molar-refractivity contribution in [2.45, 2.75) is 19.9 Å². The molecule has 0 spiro atoms. The SMILES string of the molecule is CC(C)n1ncc2c(C(=O)N(C)c3nccs3)cc(-c3ccc4c(c3)OCCO4)nc21. The Hall–Kier alpha value is -3.46. The highest BCUT2D eigenvalue weighted by molar-refractivity contribution is 7.13. The summed E-state index contributed by atoms with van der Waals surface area (Å²) in [6.07, 6.45) is 3.39. The van der Waals surface area contributed by atoms with Crippen LogP contribution in [0.3, 0.4) is 0 Å². The lowest BCUT2D eigenvalue weighted by molar-refractivity contribution is 0.0994. The molecule has 3 aromatic heterocycles. The van der Waals surface area contributed by atoms with Crippen LogP contribution in [0.5, 0.6) is 11.5 Å². The summed E-state index contributed by atoms with van der Waals surface area (Å²) in [6.45, 7) is 5.11. The smallest absolute Gasteiger partial charge is 0.260 e. The minimum Gasteiger partial charge on any atom is -0.486 e. The predicted molar refractivity (Wildman–Crippen MR) is 119 cm³/mol. The van der Waals surface area contributed by atoms with E-state index >= 15 is 0 Å². The summed E-state index contributed by atoms with van der Waals surface area (Å²) in [7, 11) is 1.73. The Morgan fingerprint density at radius 3 is 2.74 bits per heavy atom. The first-order chi connectivity index (χ1) is 15.0. The molecule has 0 atom stereocenters. The molecule has 1 aromatic carbocycles. The third-order valence-electron chi connectivity index (χ3n) is 5.14. The maximum absolute atomic E-state index is 13.4. The summed E-state index contributed by atoms with van der Waals surface area (Å²) in [4.78, 5) is 24.1. The van der Waals surface area contributed by atoms with Crippen molar-refractivity contribution in [1.82, 2.24) is 19.7 Å². The van der Waals surface area contributed by atoms with E-state index < -0.39 is 0 Å². The van der Waals surface area contributed by atoms with Gasteiger partial charge in [-0.05, 0) is 38.1 Å². The number of amides is 1. The Morgan fingerprint density at radius 2 is 2.00 bits per heavy atom. The first-order valence-electron chi connectivity index (χ1n) is 9.99. The Balaban J connectivity index is 1.67. The largest absolute Gasteiger partial charge is 0.486 e. The number of anilines is 1. The molecule has 1 amide bonds. The van der Waals surface area contributed by atoms with E-state index in [9.17, 15) is 4.79 Å². The molecule has 0 saturated heterocycles. The van der Waals surface area contributed by atoms with Crippen molar-refractivity contribution in [3.63, 3.8) is 0 Å². The number of benzene rings is 1. The maximum atomic E-state index is 13.4. The van der Waals surface area contributed by atoms with Crippen molar-refractivity contribution < 1.29 is 14.3 Å². The molecule has 8 nitrogen and oxygen atoms in total. The number of hydrogen-bond donors (Lipinski definition) is 0. The van der Waals surface area contributed by atoms with Crippen molar-refractivity contribution in [3.05, 3.63) is 47.6 Å². The topological polar surface area (TPSA) is 82.4 Å². The lowest BCUT2D eigenvalue weighted by Gasteiger charge is -2.19. The molecule has 158 valence electrons. The van der Waals surface area contributed by atoms with Crippen LogP contribution in [0.1, 0.15) is 30.2 Å². The zero-order valence-corrected chi connectivity index (χ0v) is 18.2. The Morgan fingerprint density at radius 1 is 1.19 bits per heavy atom. The van der Waals surface area contributed by atoms with Crippen LogP contribution in [0, 0.1) is 0 Å².